The van der Waals surface area contributed by atoms with Crippen molar-refractivity contribution in [2.45, 2.75) is 69.2 Å². The Hall–Kier alpha value is -2.48. The van der Waals surface area contributed by atoms with Crippen molar-refractivity contribution in [1.29, 1.82) is 5.26 Å². The number of rotatable bonds is 6. The predicted octanol–water partition coefficient (Wildman–Crippen LogP) is 1.66. The lowest BCUT2D eigenvalue weighted by Gasteiger charge is -2.39. The molecule has 2 amide bonds. The van der Waals surface area contributed by atoms with E-state index in [9.17, 15) is 19.1 Å². The summed E-state index contributed by atoms with van der Waals surface area (Å²) >= 11 is -2.11. The normalized spacial score (nSPS) is 35.1. The Bertz CT molecular complexity index is 1120. The molecule has 1 aromatic carbocycles. The standard InChI is InChI=1S/C24H29N5O4S/c1-13(23(30)28-17(10-25)7-15-8-21(15)28)11-27-12-18-9-22(27)24(31)29(18)20-5-2-14-6-16(26-34(32)33)3-4-19(14)20/h3-4,6,13,15,17-18,20-22,26H,2,5,7-9,11-12H2,1H3,(H,32,33)/t13-,15+,17-,18-,20-,21?,22-/m0/s1. The number of likely N-dealkylation sites (tertiary alicyclic amines) is 3. The average Bonchev–Trinajstić information content (AvgIpc) is 3.14. The molecule has 6 rings (SSSR count). The molecule has 2 bridgehead atoms. The fraction of sp³-hybridized carbons (Fsp3) is 0.625. The van der Waals surface area contributed by atoms with Crippen molar-refractivity contribution in [2.75, 3.05) is 17.8 Å². The Labute approximate surface area is 201 Å². The van der Waals surface area contributed by atoms with Crippen LogP contribution in [0.5, 0.6) is 0 Å². The van der Waals surface area contributed by atoms with Crippen molar-refractivity contribution in [1.82, 2.24) is 14.7 Å². The lowest BCUT2D eigenvalue weighted by Crippen LogP contribution is -2.53. The van der Waals surface area contributed by atoms with Gasteiger partial charge in [0.15, 0.2) is 0 Å². The number of aryl methyl sites for hydroxylation is 1. The first-order valence-corrected chi connectivity index (χ1v) is 13.2. The third-order valence-electron chi connectivity index (χ3n) is 8.48. The molecule has 10 heteroatoms. The molecule has 180 valence electrons. The second kappa shape index (κ2) is 8.04. The molecule has 0 aromatic heterocycles. The second-order valence-electron chi connectivity index (χ2n) is 10.5. The van der Waals surface area contributed by atoms with E-state index in [1.807, 2.05) is 24.0 Å². The van der Waals surface area contributed by atoms with Gasteiger partial charge in [0.25, 0.3) is 11.3 Å². The van der Waals surface area contributed by atoms with Gasteiger partial charge in [-0.1, -0.05) is 13.0 Å². The van der Waals surface area contributed by atoms with E-state index in [0.29, 0.717) is 18.2 Å². The van der Waals surface area contributed by atoms with E-state index in [4.69, 9.17) is 4.55 Å². The molecule has 2 N–H and O–H groups in total. The first-order valence-electron chi connectivity index (χ1n) is 12.1. The molecule has 2 unspecified atom stereocenters. The second-order valence-corrected chi connectivity index (χ2v) is 11.2. The fourth-order valence-corrected chi connectivity index (χ4v) is 7.25. The van der Waals surface area contributed by atoms with Gasteiger partial charge < -0.3 is 9.80 Å². The fourth-order valence-electron chi connectivity index (χ4n) is 6.92. The lowest BCUT2D eigenvalue weighted by atomic mass is 10.0. The van der Waals surface area contributed by atoms with Gasteiger partial charge in [-0.05, 0) is 61.3 Å². The largest absolute Gasteiger partial charge is 0.330 e. The van der Waals surface area contributed by atoms with Crippen LogP contribution in [0.1, 0.15) is 49.8 Å². The number of hydrogen-bond acceptors (Lipinski definition) is 5. The minimum absolute atomic E-state index is 0.0418. The molecule has 2 aliphatic carbocycles. The van der Waals surface area contributed by atoms with Gasteiger partial charge in [0.2, 0.25) is 11.8 Å². The molecule has 1 aromatic rings. The lowest BCUT2D eigenvalue weighted by molar-refractivity contribution is -0.142. The van der Waals surface area contributed by atoms with Crippen molar-refractivity contribution < 1.29 is 18.4 Å². The van der Waals surface area contributed by atoms with Crippen LogP contribution in [-0.2, 0) is 27.3 Å². The van der Waals surface area contributed by atoms with Crippen molar-refractivity contribution >= 4 is 28.8 Å². The van der Waals surface area contributed by atoms with Crippen molar-refractivity contribution in [3.05, 3.63) is 29.3 Å². The highest BCUT2D eigenvalue weighted by Crippen LogP contribution is 2.48. The quantitative estimate of drug-likeness (QED) is 0.595. The number of benzene rings is 1. The molecule has 3 aliphatic heterocycles. The number of hydrogen-bond donors (Lipinski definition) is 2. The van der Waals surface area contributed by atoms with Crippen molar-refractivity contribution in [2.24, 2.45) is 11.8 Å². The Balaban J connectivity index is 1.11. The summed E-state index contributed by atoms with van der Waals surface area (Å²) in [6.07, 6.45) is 4.32. The van der Waals surface area contributed by atoms with Crippen LogP contribution in [-0.4, -0.2) is 72.5 Å². The third-order valence-corrected chi connectivity index (χ3v) is 8.89. The Morgan fingerprint density at radius 1 is 1.32 bits per heavy atom. The summed E-state index contributed by atoms with van der Waals surface area (Å²) in [6.45, 7) is 3.26. The molecule has 34 heavy (non-hydrogen) atoms. The van der Waals surface area contributed by atoms with Gasteiger partial charge in [-0.15, -0.1) is 0 Å². The van der Waals surface area contributed by atoms with E-state index in [2.05, 4.69) is 20.6 Å². The van der Waals surface area contributed by atoms with Crippen LogP contribution in [0.4, 0.5) is 5.69 Å². The Morgan fingerprint density at radius 2 is 2.15 bits per heavy atom. The van der Waals surface area contributed by atoms with Gasteiger partial charge in [-0.25, -0.2) is 4.21 Å². The van der Waals surface area contributed by atoms with E-state index in [0.717, 1.165) is 49.8 Å². The van der Waals surface area contributed by atoms with Gasteiger partial charge in [-0.2, -0.15) is 5.26 Å². The number of nitrogens with one attached hydrogen (secondary N) is 1. The summed E-state index contributed by atoms with van der Waals surface area (Å²) in [7, 11) is 0. The molecule has 1 saturated carbocycles. The Kier molecular flexibility index (Phi) is 5.20. The minimum Gasteiger partial charge on any atom is -0.330 e. The minimum atomic E-state index is -2.11. The summed E-state index contributed by atoms with van der Waals surface area (Å²) in [4.78, 5) is 32.6. The number of carbonyl (C=O) groups excluding carboxylic acids is 2. The van der Waals surface area contributed by atoms with Crippen molar-refractivity contribution in [3.63, 3.8) is 0 Å². The van der Waals surface area contributed by atoms with Gasteiger partial charge in [0, 0.05) is 36.8 Å². The number of nitriles is 1. The van der Waals surface area contributed by atoms with E-state index in [-0.39, 0.29) is 47.9 Å². The number of anilines is 1. The summed E-state index contributed by atoms with van der Waals surface area (Å²) in [6, 6.07) is 7.92. The van der Waals surface area contributed by atoms with Crippen LogP contribution < -0.4 is 4.72 Å². The van der Waals surface area contributed by atoms with Crippen LogP contribution in [0.15, 0.2) is 18.2 Å². The maximum atomic E-state index is 13.4. The smallest absolute Gasteiger partial charge is 0.259 e. The molecular formula is C24H29N5O4S. The molecule has 3 saturated heterocycles. The average molecular weight is 484 g/mol. The number of carbonyl (C=O) groups is 2. The number of nitrogens with zero attached hydrogens (tertiary/aromatic N) is 4. The molecule has 0 radical (unpaired) electrons. The first-order chi connectivity index (χ1) is 16.4. The van der Waals surface area contributed by atoms with Gasteiger partial charge in [-0.3, -0.25) is 23.8 Å². The van der Waals surface area contributed by atoms with Crippen LogP contribution in [0.2, 0.25) is 0 Å². The van der Waals surface area contributed by atoms with Gasteiger partial charge in [0.1, 0.15) is 6.04 Å². The number of fused-ring (bicyclic) bond motifs is 4. The molecule has 8 atom stereocenters. The molecule has 5 aliphatic rings. The number of piperazine rings is 1. The van der Waals surface area contributed by atoms with Gasteiger partial charge >= 0.3 is 0 Å². The maximum absolute atomic E-state index is 13.4. The summed E-state index contributed by atoms with van der Waals surface area (Å²) in [5, 5.41) is 9.43. The summed E-state index contributed by atoms with van der Waals surface area (Å²) < 4.78 is 22.6. The highest BCUT2D eigenvalue weighted by atomic mass is 32.2. The third kappa shape index (κ3) is 3.44. The molecular weight excluding hydrogens is 454 g/mol. The summed E-state index contributed by atoms with van der Waals surface area (Å²) in [5.74, 6) is 0.476. The zero-order chi connectivity index (χ0) is 23.7. The van der Waals surface area contributed by atoms with Crippen LogP contribution in [0, 0.1) is 23.2 Å². The van der Waals surface area contributed by atoms with E-state index >= 15 is 0 Å². The van der Waals surface area contributed by atoms with Crippen LogP contribution >= 0.6 is 0 Å². The van der Waals surface area contributed by atoms with Crippen LogP contribution in [0.3, 0.4) is 0 Å². The Morgan fingerprint density at radius 3 is 2.88 bits per heavy atom. The highest BCUT2D eigenvalue weighted by molar-refractivity contribution is 7.80. The zero-order valence-corrected chi connectivity index (χ0v) is 19.9. The first kappa shape index (κ1) is 22.0. The maximum Gasteiger partial charge on any atom is 0.259 e. The number of amides is 2. The highest BCUT2D eigenvalue weighted by Gasteiger charge is 2.56. The molecule has 0 spiro atoms. The zero-order valence-electron chi connectivity index (χ0n) is 19.1. The van der Waals surface area contributed by atoms with E-state index in [1.54, 1.807) is 6.07 Å². The summed E-state index contributed by atoms with van der Waals surface area (Å²) in [5.41, 5.74) is 2.84. The van der Waals surface area contributed by atoms with Crippen molar-refractivity contribution in [3.8, 4) is 6.07 Å². The van der Waals surface area contributed by atoms with Gasteiger partial charge in [0.05, 0.1) is 18.2 Å². The molecule has 9 nitrogen and oxygen atoms in total. The van der Waals surface area contributed by atoms with E-state index in [1.165, 1.54) is 0 Å². The molecule has 3 heterocycles. The monoisotopic (exact) mass is 483 g/mol. The van der Waals surface area contributed by atoms with Crippen LogP contribution in [0.25, 0.3) is 0 Å². The van der Waals surface area contributed by atoms with E-state index < -0.39 is 11.3 Å². The topological polar surface area (TPSA) is 117 Å². The SMILES string of the molecule is C[C@@H](CN1C[C@@H]2C[C@H]1C(=O)N2[C@H]1CCc2cc(NS(=O)O)ccc21)C(=O)N1C2C[C@H]2C[C@H]1C#N. The predicted molar refractivity (Wildman–Crippen MR) is 124 cm³/mol. The number of piperidine rings is 1. The molecule has 4 fully saturated rings.